The molecule has 0 saturated carbocycles. The Kier molecular flexibility index (Phi) is 4.55. The van der Waals surface area contributed by atoms with Gasteiger partial charge in [-0.3, -0.25) is 9.80 Å². The lowest BCUT2D eigenvalue weighted by Gasteiger charge is -2.41. The molecule has 0 spiro atoms. The Balaban J connectivity index is 1.22. The van der Waals surface area contributed by atoms with E-state index in [4.69, 9.17) is 0 Å². The van der Waals surface area contributed by atoms with E-state index in [1.807, 2.05) is 0 Å². The smallest absolute Gasteiger partial charge is 0.0246 e. The fourth-order valence-electron chi connectivity index (χ4n) is 5.76. The van der Waals surface area contributed by atoms with E-state index in [1.54, 1.807) is 0 Å². The number of benzene rings is 4. The Labute approximate surface area is 178 Å². The Morgan fingerprint density at radius 3 is 1.67 bits per heavy atom. The van der Waals surface area contributed by atoms with Gasteiger partial charge in [-0.2, -0.15) is 0 Å². The lowest BCUT2D eigenvalue weighted by atomic mass is 10.0. The molecule has 0 N–H and O–H groups in total. The van der Waals surface area contributed by atoms with Gasteiger partial charge in [0.25, 0.3) is 0 Å². The van der Waals surface area contributed by atoms with E-state index in [0.717, 1.165) is 13.1 Å². The van der Waals surface area contributed by atoms with Crippen LogP contribution in [0.2, 0.25) is 0 Å². The van der Waals surface area contributed by atoms with E-state index in [2.05, 4.69) is 94.7 Å². The van der Waals surface area contributed by atoms with Gasteiger partial charge in [0.05, 0.1) is 0 Å². The van der Waals surface area contributed by atoms with Crippen LogP contribution in [-0.2, 0) is 13.1 Å². The van der Waals surface area contributed by atoms with Gasteiger partial charge >= 0.3 is 0 Å². The van der Waals surface area contributed by atoms with Crippen LogP contribution < -0.4 is 0 Å². The molecule has 2 aliphatic rings. The largest absolute Gasteiger partial charge is 0.296 e. The number of likely N-dealkylation sites (tertiary alicyclic amines) is 1. The topological polar surface area (TPSA) is 6.48 Å². The monoisotopic (exact) mass is 392 g/mol. The van der Waals surface area contributed by atoms with Crippen LogP contribution in [0.1, 0.15) is 24.0 Å². The molecule has 0 radical (unpaired) electrons. The molecule has 2 aliphatic heterocycles. The van der Waals surface area contributed by atoms with Crippen LogP contribution in [0.4, 0.5) is 0 Å². The van der Waals surface area contributed by atoms with Crippen LogP contribution in [0.25, 0.3) is 21.5 Å². The zero-order chi connectivity index (χ0) is 19.9. The molecule has 0 aromatic heterocycles. The number of rotatable bonds is 4. The van der Waals surface area contributed by atoms with Crippen LogP contribution in [0.3, 0.4) is 0 Å². The summed E-state index contributed by atoms with van der Waals surface area (Å²) in [6.07, 6.45) is 2.67. The van der Waals surface area contributed by atoms with Gasteiger partial charge in [0.1, 0.15) is 0 Å². The lowest BCUT2D eigenvalue weighted by Crippen LogP contribution is -2.52. The summed E-state index contributed by atoms with van der Waals surface area (Å²) in [5.74, 6) is 0. The zero-order valence-electron chi connectivity index (χ0n) is 17.4. The van der Waals surface area contributed by atoms with Gasteiger partial charge in [-0.15, -0.1) is 0 Å². The van der Waals surface area contributed by atoms with E-state index in [-0.39, 0.29) is 0 Å². The van der Waals surface area contributed by atoms with E-state index in [0.29, 0.717) is 12.1 Å². The van der Waals surface area contributed by atoms with Crippen molar-refractivity contribution in [3.05, 3.63) is 96.1 Å². The Morgan fingerprint density at radius 1 is 0.567 bits per heavy atom. The van der Waals surface area contributed by atoms with Gasteiger partial charge < -0.3 is 0 Å². The molecule has 2 fully saturated rings. The Morgan fingerprint density at radius 2 is 1.07 bits per heavy atom. The SMILES string of the molecule is c1ccc2c(CN3C[C@H]4CC[C@@H](C3)N4Cc3cccc4ccccc34)cccc2c1. The normalized spacial score (nSPS) is 22.1. The molecule has 4 aromatic rings. The summed E-state index contributed by atoms with van der Waals surface area (Å²) >= 11 is 0. The fourth-order valence-corrected chi connectivity index (χ4v) is 5.76. The Hall–Kier alpha value is -2.68. The second-order valence-corrected chi connectivity index (χ2v) is 9.03. The molecule has 0 aliphatic carbocycles. The molecule has 2 heteroatoms. The van der Waals surface area contributed by atoms with Crippen molar-refractivity contribution < 1.29 is 0 Å². The highest BCUT2D eigenvalue weighted by atomic mass is 15.3. The maximum Gasteiger partial charge on any atom is 0.0246 e. The number of fused-ring (bicyclic) bond motifs is 4. The van der Waals surface area contributed by atoms with E-state index in [1.165, 1.54) is 58.6 Å². The lowest BCUT2D eigenvalue weighted by molar-refractivity contribution is 0.0572. The predicted octanol–water partition coefficient (Wildman–Crippen LogP) is 5.84. The zero-order valence-corrected chi connectivity index (χ0v) is 17.4. The predicted molar refractivity (Wildman–Crippen MR) is 126 cm³/mol. The minimum Gasteiger partial charge on any atom is -0.296 e. The summed E-state index contributed by atoms with van der Waals surface area (Å²) in [6.45, 7) is 4.52. The summed E-state index contributed by atoms with van der Waals surface area (Å²) in [6, 6.07) is 32.5. The molecule has 2 heterocycles. The quantitative estimate of drug-likeness (QED) is 0.430. The molecular formula is C28H28N2. The van der Waals surface area contributed by atoms with Gasteiger partial charge in [-0.25, -0.2) is 0 Å². The van der Waals surface area contributed by atoms with Gasteiger partial charge in [0.15, 0.2) is 0 Å². The van der Waals surface area contributed by atoms with Crippen molar-refractivity contribution in [2.24, 2.45) is 0 Å². The fraction of sp³-hybridized carbons (Fsp3) is 0.286. The van der Waals surface area contributed by atoms with Crippen LogP contribution in [0, 0.1) is 0 Å². The summed E-state index contributed by atoms with van der Waals surface area (Å²) in [5, 5.41) is 5.53. The van der Waals surface area contributed by atoms with Crippen LogP contribution in [0.15, 0.2) is 84.9 Å². The molecule has 4 aromatic carbocycles. The van der Waals surface area contributed by atoms with Crippen molar-refractivity contribution in [2.75, 3.05) is 13.1 Å². The highest BCUT2D eigenvalue weighted by molar-refractivity contribution is 5.86. The van der Waals surface area contributed by atoms with Gasteiger partial charge in [-0.05, 0) is 45.5 Å². The second-order valence-electron chi connectivity index (χ2n) is 9.03. The van der Waals surface area contributed by atoms with E-state index in [9.17, 15) is 0 Å². The van der Waals surface area contributed by atoms with Crippen molar-refractivity contribution >= 4 is 21.5 Å². The molecule has 2 atom stereocenters. The van der Waals surface area contributed by atoms with Crippen LogP contribution >= 0.6 is 0 Å². The molecule has 0 unspecified atom stereocenters. The molecule has 2 nitrogen and oxygen atoms in total. The highest BCUT2D eigenvalue weighted by Crippen LogP contribution is 2.34. The second kappa shape index (κ2) is 7.54. The minimum atomic E-state index is 0.678. The molecule has 30 heavy (non-hydrogen) atoms. The summed E-state index contributed by atoms with van der Waals surface area (Å²) in [4.78, 5) is 5.49. The number of nitrogens with zero attached hydrogens (tertiary/aromatic N) is 2. The third-order valence-corrected chi connectivity index (χ3v) is 7.22. The van der Waals surface area contributed by atoms with E-state index < -0.39 is 0 Å². The number of hydrogen-bond acceptors (Lipinski definition) is 2. The van der Waals surface area contributed by atoms with Gasteiger partial charge in [0.2, 0.25) is 0 Å². The van der Waals surface area contributed by atoms with Crippen molar-refractivity contribution in [2.45, 2.75) is 38.0 Å². The average Bonchev–Trinajstić information content (AvgIpc) is 3.02. The molecule has 2 saturated heterocycles. The van der Waals surface area contributed by atoms with Crippen molar-refractivity contribution in [1.29, 1.82) is 0 Å². The molecule has 150 valence electrons. The van der Waals surface area contributed by atoms with Gasteiger partial charge in [-0.1, -0.05) is 84.9 Å². The molecular weight excluding hydrogens is 364 g/mol. The van der Waals surface area contributed by atoms with Crippen LogP contribution in [0.5, 0.6) is 0 Å². The first-order valence-electron chi connectivity index (χ1n) is 11.3. The molecule has 6 rings (SSSR count). The van der Waals surface area contributed by atoms with Crippen molar-refractivity contribution in [3.63, 3.8) is 0 Å². The first kappa shape index (κ1) is 18.1. The summed E-state index contributed by atoms with van der Waals surface area (Å²) < 4.78 is 0. The summed E-state index contributed by atoms with van der Waals surface area (Å²) in [5.41, 5.74) is 2.95. The first-order valence-corrected chi connectivity index (χ1v) is 11.3. The summed E-state index contributed by atoms with van der Waals surface area (Å²) in [7, 11) is 0. The Bertz CT molecular complexity index is 1170. The van der Waals surface area contributed by atoms with Crippen LogP contribution in [-0.4, -0.2) is 35.0 Å². The van der Waals surface area contributed by atoms with Crippen molar-refractivity contribution in [1.82, 2.24) is 9.80 Å². The third-order valence-electron chi connectivity index (χ3n) is 7.22. The molecule has 2 bridgehead atoms. The maximum atomic E-state index is 2.79. The minimum absolute atomic E-state index is 0.678. The molecule has 0 amide bonds. The third kappa shape index (κ3) is 3.21. The number of hydrogen-bond donors (Lipinski definition) is 0. The average molecular weight is 393 g/mol. The first-order chi connectivity index (χ1) is 14.8. The highest BCUT2D eigenvalue weighted by Gasteiger charge is 2.39. The van der Waals surface area contributed by atoms with E-state index >= 15 is 0 Å². The van der Waals surface area contributed by atoms with Gasteiger partial charge in [0, 0.05) is 38.3 Å². The number of piperazine rings is 1. The van der Waals surface area contributed by atoms with Crippen molar-refractivity contribution in [3.8, 4) is 0 Å². The maximum absolute atomic E-state index is 2.79. The standard InChI is InChI=1S/C28H28N2/c1-3-13-27-21(7-1)9-5-11-23(27)17-29-19-25-15-16-26(20-29)30(25)18-24-12-6-10-22-8-2-4-14-28(22)24/h1-14,25-26H,15-20H2/t25-,26+.